The van der Waals surface area contributed by atoms with Crippen molar-refractivity contribution in [1.29, 1.82) is 0 Å². The second kappa shape index (κ2) is 8.45. The number of hydrogen-bond acceptors (Lipinski definition) is 5. The first-order valence-electron chi connectivity index (χ1n) is 8.25. The molecule has 1 aromatic heterocycles. The van der Waals surface area contributed by atoms with Crippen LogP contribution in [0, 0.1) is 0 Å². The molecular formula is C16H25N5O2. The first-order chi connectivity index (χ1) is 11.2. The molecule has 0 unspecified atom stereocenters. The minimum Gasteiger partial charge on any atom is -0.355 e. The summed E-state index contributed by atoms with van der Waals surface area (Å²) >= 11 is 0. The molecule has 23 heavy (non-hydrogen) atoms. The molecule has 2 heterocycles. The highest BCUT2D eigenvalue weighted by Gasteiger charge is 2.22. The molecule has 126 valence electrons. The molecule has 1 aliphatic heterocycles. The molecule has 0 radical (unpaired) electrons. The molecule has 0 atom stereocenters. The van der Waals surface area contributed by atoms with E-state index in [2.05, 4.69) is 28.7 Å². The number of rotatable bonds is 7. The van der Waals surface area contributed by atoms with Gasteiger partial charge in [0.1, 0.15) is 11.5 Å². The second-order valence-corrected chi connectivity index (χ2v) is 5.68. The van der Waals surface area contributed by atoms with Crippen LogP contribution in [0.3, 0.4) is 0 Å². The third-order valence-electron chi connectivity index (χ3n) is 3.92. The average molecular weight is 319 g/mol. The normalized spacial score (nSPS) is 14.7. The Balaban J connectivity index is 2.01. The van der Waals surface area contributed by atoms with Gasteiger partial charge in [0.25, 0.3) is 5.91 Å². The molecule has 2 amide bonds. The van der Waals surface area contributed by atoms with Crippen molar-refractivity contribution in [2.24, 2.45) is 0 Å². The van der Waals surface area contributed by atoms with Crippen LogP contribution in [-0.4, -0.2) is 71.4 Å². The monoisotopic (exact) mass is 319 g/mol. The van der Waals surface area contributed by atoms with Gasteiger partial charge in [0, 0.05) is 39.3 Å². The zero-order valence-electron chi connectivity index (χ0n) is 13.9. The number of hydrogen-bond donors (Lipinski definition) is 0. The van der Waals surface area contributed by atoms with Crippen molar-refractivity contribution >= 4 is 18.1 Å². The largest absolute Gasteiger partial charge is 0.355 e. The standard InChI is InChI=1S/C16H25N5O2/c1-3-5-20(6-4-2)15-12-17-14(11-18-15)16(23)21-9-7-19(13-22)8-10-21/h11-13H,3-10H2,1-2H3. The quantitative estimate of drug-likeness (QED) is 0.702. The zero-order valence-corrected chi connectivity index (χ0v) is 13.9. The maximum absolute atomic E-state index is 12.4. The van der Waals surface area contributed by atoms with Crippen LogP contribution in [0.25, 0.3) is 0 Å². The number of anilines is 1. The van der Waals surface area contributed by atoms with Gasteiger partial charge >= 0.3 is 0 Å². The van der Waals surface area contributed by atoms with Crippen molar-refractivity contribution < 1.29 is 9.59 Å². The van der Waals surface area contributed by atoms with E-state index in [1.807, 2.05) is 0 Å². The lowest BCUT2D eigenvalue weighted by Gasteiger charge is -2.32. The van der Waals surface area contributed by atoms with Crippen LogP contribution in [0.15, 0.2) is 12.4 Å². The van der Waals surface area contributed by atoms with Crippen molar-refractivity contribution in [2.45, 2.75) is 26.7 Å². The number of amides is 2. The van der Waals surface area contributed by atoms with E-state index >= 15 is 0 Å². The Bertz CT molecular complexity index is 506. The topological polar surface area (TPSA) is 69.6 Å². The lowest BCUT2D eigenvalue weighted by molar-refractivity contribution is -0.119. The number of carbonyl (C=O) groups is 2. The number of carbonyl (C=O) groups excluding carboxylic acids is 2. The highest BCUT2D eigenvalue weighted by atomic mass is 16.2. The van der Waals surface area contributed by atoms with Gasteiger partial charge in [-0.2, -0.15) is 0 Å². The molecule has 7 nitrogen and oxygen atoms in total. The fourth-order valence-electron chi connectivity index (χ4n) is 2.67. The van der Waals surface area contributed by atoms with E-state index in [1.165, 1.54) is 0 Å². The summed E-state index contributed by atoms with van der Waals surface area (Å²) in [7, 11) is 0. The third-order valence-corrected chi connectivity index (χ3v) is 3.92. The second-order valence-electron chi connectivity index (χ2n) is 5.68. The summed E-state index contributed by atoms with van der Waals surface area (Å²) in [5.74, 6) is 0.697. The molecule has 0 aliphatic carbocycles. The average Bonchev–Trinajstić information content (AvgIpc) is 2.61. The molecular weight excluding hydrogens is 294 g/mol. The zero-order chi connectivity index (χ0) is 16.7. The molecule has 7 heteroatoms. The van der Waals surface area contributed by atoms with Gasteiger partial charge in [-0.15, -0.1) is 0 Å². The summed E-state index contributed by atoms with van der Waals surface area (Å²) < 4.78 is 0. The highest BCUT2D eigenvalue weighted by Crippen LogP contribution is 2.12. The van der Waals surface area contributed by atoms with Gasteiger partial charge in [-0.1, -0.05) is 13.8 Å². The van der Waals surface area contributed by atoms with Gasteiger partial charge in [0.15, 0.2) is 0 Å². The predicted octanol–water partition coefficient (Wildman–Crippen LogP) is 1.02. The van der Waals surface area contributed by atoms with E-state index in [4.69, 9.17) is 0 Å². The SMILES string of the molecule is CCCN(CCC)c1cnc(C(=O)N2CCN(C=O)CC2)cn1. The Morgan fingerprint density at radius 3 is 2.26 bits per heavy atom. The summed E-state index contributed by atoms with van der Waals surface area (Å²) in [5.41, 5.74) is 0.362. The smallest absolute Gasteiger partial charge is 0.274 e. The predicted molar refractivity (Wildman–Crippen MR) is 88.4 cm³/mol. The van der Waals surface area contributed by atoms with Crippen molar-refractivity contribution in [2.75, 3.05) is 44.2 Å². The lowest BCUT2D eigenvalue weighted by atomic mass is 10.3. The van der Waals surface area contributed by atoms with Gasteiger partial charge in [-0.05, 0) is 12.8 Å². The van der Waals surface area contributed by atoms with Gasteiger partial charge in [0.05, 0.1) is 12.4 Å². The summed E-state index contributed by atoms with van der Waals surface area (Å²) in [5, 5.41) is 0. The van der Waals surface area contributed by atoms with Crippen LogP contribution in [0.5, 0.6) is 0 Å². The molecule has 2 rings (SSSR count). The van der Waals surface area contributed by atoms with Crippen molar-refractivity contribution in [1.82, 2.24) is 19.8 Å². The van der Waals surface area contributed by atoms with E-state index in [0.717, 1.165) is 38.2 Å². The summed E-state index contributed by atoms with van der Waals surface area (Å²) in [4.78, 5) is 37.4. The molecule has 0 spiro atoms. The van der Waals surface area contributed by atoms with Crippen LogP contribution in [0.4, 0.5) is 5.82 Å². The maximum Gasteiger partial charge on any atom is 0.274 e. The van der Waals surface area contributed by atoms with Gasteiger partial charge in [-0.25, -0.2) is 9.97 Å². The molecule has 1 aliphatic rings. The maximum atomic E-state index is 12.4. The molecule has 1 aromatic rings. The summed E-state index contributed by atoms with van der Waals surface area (Å²) in [6.07, 6.45) is 6.15. The minimum atomic E-state index is -0.118. The number of nitrogens with zero attached hydrogens (tertiary/aromatic N) is 5. The fourth-order valence-corrected chi connectivity index (χ4v) is 2.67. The van der Waals surface area contributed by atoms with Crippen molar-refractivity contribution in [3.05, 3.63) is 18.1 Å². The van der Waals surface area contributed by atoms with Gasteiger partial charge in [0.2, 0.25) is 6.41 Å². The fraction of sp³-hybridized carbons (Fsp3) is 0.625. The molecule has 0 N–H and O–H groups in total. The van der Waals surface area contributed by atoms with E-state index < -0.39 is 0 Å². The van der Waals surface area contributed by atoms with E-state index in [9.17, 15) is 9.59 Å². The van der Waals surface area contributed by atoms with Crippen LogP contribution in [0.1, 0.15) is 37.2 Å². The lowest BCUT2D eigenvalue weighted by Crippen LogP contribution is -2.48. The Morgan fingerprint density at radius 1 is 1.13 bits per heavy atom. The number of piperazine rings is 1. The van der Waals surface area contributed by atoms with E-state index in [-0.39, 0.29) is 5.91 Å². The van der Waals surface area contributed by atoms with Crippen LogP contribution < -0.4 is 4.90 Å². The summed E-state index contributed by atoms with van der Waals surface area (Å²) in [6.45, 7) is 8.35. The minimum absolute atomic E-state index is 0.118. The van der Waals surface area contributed by atoms with Crippen molar-refractivity contribution in [3.63, 3.8) is 0 Å². The number of aromatic nitrogens is 2. The molecule has 0 aromatic carbocycles. The van der Waals surface area contributed by atoms with Crippen LogP contribution >= 0.6 is 0 Å². The molecule has 1 saturated heterocycles. The first-order valence-corrected chi connectivity index (χ1v) is 8.25. The van der Waals surface area contributed by atoms with Crippen LogP contribution in [-0.2, 0) is 4.79 Å². The Morgan fingerprint density at radius 2 is 1.78 bits per heavy atom. The van der Waals surface area contributed by atoms with Gasteiger partial charge < -0.3 is 14.7 Å². The Labute approximate surface area is 137 Å². The van der Waals surface area contributed by atoms with E-state index in [0.29, 0.717) is 31.9 Å². The molecule has 0 bridgehead atoms. The van der Waals surface area contributed by atoms with E-state index in [1.54, 1.807) is 22.2 Å². The summed E-state index contributed by atoms with van der Waals surface area (Å²) in [6, 6.07) is 0. The third kappa shape index (κ3) is 4.40. The highest BCUT2D eigenvalue weighted by molar-refractivity contribution is 5.92. The first kappa shape index (κ1) is 17.2. The molecule has 0 saturated carbocycles. The van der Waals surface area contributed by atoms with Crippen molar-refractivity contribution in [3.8, 4) is 0 Å². The molecule has 1 fully saturated rings. The van der Waals surface area contributed by atoms with Gasteiger partial charge in [-0.3, -0.25) is 9.59 Å². The Kier molecular flexibility index (Phi) is 6.31. The van der Waals surface area contributed by atoms with Crippen LogP contribution in [0.2, 0.25) is 0 Å². The Hall–Kier alpha value is -2.18.